The third-order valence-electron chi connectivity index (χ3n) is 7.11. The number of likely N-dealkylation sites (tertiary alicyclic amines) is 1. The first-order valence-electron chi connectivity index (χ1n) is 13.6. The quantitative estimate of drug-likeness (QED) is 0.337. The fraction of sp³-hybridized carbons (Fsp3) is 0.393. The van der Waals surface area contributed by atoms with Gasteiger partial charge in [-0.1, -0.05) is 43.0 Å². The lowest BCUT2D eigenvalue weighted by Gasteiger charge is -2.25. The van der Waals surface area contributed by atoms with Gasteiger partial charge in [-0.3, -0.25) is 9.36 Å². The third-order valence-corrected chi connectivity index (χ3v) is 7.37. The zero-order chi connectivity index (χ0) is 29.9. The molecule has 0 spiro atoms. The lowest BCUT2D eigenvalue weighted by Crippen LogP contribution is -2.37. The van der Waals surface area contributed by atoms with Crippen LogP contribution in [0.5, 0.6) is 0 Å². The van der Waals surface area contributed by atoms with Crippen LogP contribution in [0, 0.1) is 0 Å². The van der Waals surface area contributed by atoms with Gasteiger partial charge in [0.25, 0.3) is 5.91 Å². The summed E-state index contributed by atoms with van der Waals surface area (Å²) >= 11 is 5.94. The summed E-state index contributed by atoms with van der Waals surface area (Å²) in [6.45, 7) is 0.0542. The highest BCUT2D eigenvalue weighted by Gasteiger charge is 2.39. The monoisotopic (exact) mass is 603 g/mol. The molecule has 10 nitrogen and oxygen atoms in total. The number of aromatic nitrogens is 6. The van der Waals surface area contributed by atoms with Crippen molar-refractivity contribution in [3.05, 3.63) is 81.8 Å². The van der Waals surface area contributed by atoms with Crippen LogP contribution in [0.3, 0.4) is 0 Å². The van der Waals surface area contributed by atoms with Gasteiger partial charge in [0.1, 0.15) is 12.9 Å². The van der Waals surface area contributed by atoms with Crippen molar-refractivity contribution < 1.29 is 23.1 Å². The molecule has 1 unspecified atom stereocenters. The summed E-state index contributed by atoms with van der Waals surface area (Å²) in [5, 5.41) is 18.8. The molecule has 2 aromatic heterocycles. The lowest BCUT2D eigenvalue weighted by molar-refractivity contribution is -0.207. The number of nitrogens with zero attached hydrogens (tertiary/aromatic N) is 7. The van der Waals surface area contributed by atoms with Crippen LogP contribution in [-0.4, -0.2) is 70.4 Å². The number of benzene rings is 2. The summed E-state index contributed by atoms with van der Waals surface area (Å²) in [6, 6.07) is 13.1. The number of amides is 1. The van der Waals surface area contributed by atoms with Crippen LogP contribution in [0.2, 0.25) is 5.02 Å². The van der Waals surface area contributed by atoms with Gasteiger partial charge in [0.2, 0.25) is 0 Å². The lowest BCUT2D eigenvalue weighted by atomic mass is 10.1. The fourth-order valence-corrected chi connectivity index (χ4v) is 5.02. The second kappa shape index (κ2) is 12.5. The van der Waals surface area contributed by atoms with E-state index < -0.39 is 24.5 Å². The number of hydrogen-bond donors (Lipinski definition) is 1. The SMILES string of the molecule is O=C(c1ccccc1-n1cnc(Cn2nc(-c3ccc(Cl)cc3)n(CC(O)C(F)(F)F)c2=O)n1)N1CCCCCCC1. The van der Waals surface area contributed by atoms with Crippen LogP contribution in [0.4, 0.5) is 13.2 Å². The molecule has 0 aliphatic carbocycles. The van der Waals surface area contributed by atoms with Crippen LogP contribution in [0.15, 0.2) is 59.7 Å². The summed E-state index contributed by atoms with van der Waals surface area (Å²) < 4.78 is 42.6. The van der Waals surface area contributed by atoms with Crippen molar-refractivity contribution in [2.24, 2.45) is 0 Å². The van der Waals surface area contributed by atoms with E-state index in [1.54, 1.807) is 24.3 Å². The molecule has 1 atom stereocenters. The van der Waals surface area contributed by atoms with E-state index in [0.29, 0.717) is 34.9 Å². The molecule has 0 saturated carbocycles. The van der Waals surface area contributed by atoms with Crippen LogP contribution >= 0.6 is 11.6 Å². The molecule has 4 aromatic rings. The Labute approximate surface area is 244 Å². The number of para-hydroxylation sites is 1. The van der Waals surface area contributed by atoms with Gasteiger partial charge in [-0.25, -0.2) is 19.1 Å². The number of aliphatic hydroxyl groups is 1. The van der Waals surface area contributed by atoms with Crippen molar-refractivity contribution in [1.29, 1.82) is 0 Å². The number of aliphatic hydroxyl groups excluding tert-OH is 1. The Morgan fingerprint density at radius 3 is 2.33 bits per heavy atom. The molecule has 1 aliphatic rings. The van der Waals surface area contributed by atoms with Crippen LogP contribution < -0.4 is 5.69 Å². The van der Waals surface area contributed by atoms with Crippen molar-refractivity contribution in [2.45, 2.75) is 57.5 Å². The molecule has 14 heteroatoms. The van der Waals surface area contributed by atoms with Gasteiger partial charge in [-0.05, 0) is 49.2 Å². The number of halogens is 4. The van der Waals surface area contributed by atoms with E-state index in [2.05, 4.69) is 15.2 Å². The number of alkyl halides is 3. The zero-order valence-corrected chi connectivity index (χ0v) is 23.3. The molecule has 1 saturated heterocycles. The maximum Gasteiger partial charge on any atom is 0.416 e. The second-order valence-electron chi connectivity index (χ2n) is 10.1. The van der Waals surface area contributed by atoms with Gasteiger partial charge >= 0.3 is 11.9 Å². The second-order valence-corrected chi connectivity index (χ2v) is 10.6. The van der Waals surface area contributed by atoms with Gasteiger partial charge in [0, 0.05) is 23.7 Å². The Morgan fingerprint density at radius 1 is 0.976 bits per heavy atom. The molecule has 5 rings (SSSR count). The molecule has 42 heavy (non-hydrogen) atoms. The summed E-state index contributed by atoms with van der Waals surface area (Å²) in [5.74, 6) is -0.0341. The predicted molar refractivity (Wildman–Crippen MR) is 148 cm³/mol. The van der Waals surface area contributed by atoms with Crippen LogP contribution in [0.1, 0.15) is 48.3 Å². The number of carbonyl (C=O) groups is 1. The average Bonchev–Trinajstić information content (AvgIpc) is 3.53. The molecule has 222 valence electrons. The maximum atomic E-state index is 13.5. The van der Waals surface area contributed by atoms with E-state index in [1.807, 2.05) is 4.90 Å². The van der Waals surface area contributed by atoms with Gasteiger partial charge in [-0.15, -0.1) is 10.2 Å². The molecule has 1 N–H and O–H groups in total. The van der Waals surface area contributed by atoms with E-state index >= 15 is 0 Å². The predicted octanol–water partition coefficient (Wildman–Crippen LogP) is 4.32. The molecular weight excluding hydrogens is 575 g/mol. The Morgan fingerprint density at radius 2 is 1.64 bits per heavy atom. The van der Waals surface area contributed by atoms with E-state index in [9.17, 15) is 27.9 Å². The first kappa shape index (κ1) is 29.5. The zero-order valence-electron chi connectivity index (χ0n) is 22.5. The van der Waals surface area contributed by atoms with E-state index in [4.69, 9.17) is 11.6 Å². The Kier molecular flexibility index (Phi) is 8.78. The smallest absolute Gasteiger partial charge is 0.382 e. The highest BCUT2D eigenvalue weighted by molar-refractivity contribution is 6.30. The van der Waals surface area contributed by atoms with Gasteiger partial charge in [-0.2, -0.15) is 13.2 Å². The molecule has 0 bridgehead atoms. The average molecular weight is 604 g/mol. The fourth-order valence-electron chi connectivity index (χ4n) is 4.89. The highest BCUT2D eigenvalue weighted by atomic mass is 35.5. The van der Waals surface area contributed by atoms with E-state index in [1.165, 1.54) is 41.7 Å². The topological polar surface area (TPSA) is 111 Å². The summed E-state index contributed by atoms with van der Waals surface area (Å²) in [7, 11) is 0. The largest absolute Gasteiger partial charge is 0.416 e. The molecule has 1 fully saturated rings. The Bertz CT molecular complexity index is 1590. The van der Waals surface area contributed by atoms with Crippen molar-refractivity contribution in [1.82, 2.24) is 34.0 Å². The number of hydrogen-bond acceptors (Lipinski definition) is 6. The van der Waals surface area contributed by atoms with Crippen molar-refractivity contribution in [3.8, 4) is 17.1 Å². The van der Waals surface area contributed by atoms with Crippen LogP contribution in [-0.2, 0) is 13.1 Å². The van der Waals surface area contributed by atoms with Crippen molar-refractivity contribution in [2.75, 3.05) is 13.1 Å². The van der Waals surface area contributed by atoms with Crippen molar-refractivity contribution >= 4 is 17.5 Å². The Balaban J connectivity index is 1.44. The summed E-state index contributed by atoms with van der Waals surface area (Å²) in [6.07, 6.45) is -1.07. The third kappa shape index (κ3) is 6.57. The van der Waals surface area contributed by atoms with E-state index in [0.717, 1.165) is 34.9 Å². The first-order chi connectivity index (χ1) is 20.1. The molecule has 3 heterocycles. The minimum atomic E-state index is -4.93. The molecule has 1 aliphatic heterocycles. The van der Waals surface area contributed by atoms with Gasteiger partial charge in [0.15, 0.2) is 17.8 Å². The standard InChI is InChI=1S/C28H29ClF3N7O3/c29-20-12-10-19(11-13-20)25-35-38(27(42)37(25)16-23(40)28(30,31)32)17-24-33-18-39(34-24)22-9-5-4-8-21(22)26(41)36-14-6-2-1-3-7-15-36/h4-5,8-13,18,23,40H,1-3,6-7,14-17H2. The van der Waals surface area contributed by atoms with Crippen molar-refractivity contribution in [3.63, 3.8) is 0 Å². The summed E-state index contributed by atoms with van der Waals surface area (Å²) in [5.41, 5.74) is 0.422. The normalized spacial score (nSPS) is 15.3. The molecule has 1 amide bonds. The Hall–Kier alpha value is -3.97. The molecule has 0 radical (unpaired) electrons. The minimum Gasteiger partial charge on any atom is -0.382 e. The highest BCUT2D eigenvalue weighted by Crippen LogP contribution is 2.24. The maximum absolute atomic E-state index is 13.5. The van der Waals surface area contributed by atoms with Gasteiger partial charge in [0.05, 0.1) is 17.8 Å². The molecule has 2 aromatic carbocycles. The summed E-state index contributed by atoms with van der Waals surface area (Å²) in [4.78, 5) is 32.8. The number of rotatable bonds is 7. The van der Waals surface area contributed by atoms with Crippen LogP contribution in [0.25, 0.3) is 17.1 Å². The minimum absolute atomic E-state index is 0.0800. The first-order valence-corrected chi connectivity index (χ1v) is 14.0. The molecular formula is C28H29ClF3N7O3. The number of carbonyl (C=O) groups excluding carboxylic acids is 1. The van der Waals surface area contributed by atoms with Gasteiger partial charge < -0.3 is 10.0 Å². The van der Waals surface area contributed by atoms with E-state index in [-0.39, 0.29) is 24.1 Å².